The van der Waals surface area contributed by atoms with Crippen molar-refractivity contribution < 1.29 is 13.5 Å². The molecular formula is C13H19F2NO. The number of nitrogens with one attached hydrogen (secondary N) is 1. The summed E-state index contributed by atoms with van der Waals surface area (Å²) in [5.41, 5.74) is 0.123. The zero-order valence-electron chi connectivity index (χ0n) is 10.3. The highest BCUT2D eigenvalue weighted by Crippen LogP contribution is 2.14. The lowest BCUT2D eigenvalue weighted by molar-refractivity contribution is 0.122. The van der Waals surface area contributed by atoms with E-state index in [0.29, 0.717) is 19.6 Å². The molecule has 96 valence electrons. The van der Waals surface area contributed by atoms with Crippen molar-refractivity contribution in [2.45, 2.75) is 26.3 Å². The Morgan fingerprint density at radius 3 is 2.41 bits per heavy atom. The van der Waals surface area contributed by atoms with Crippen LogP contribution in [0.25, 0.3) is 0 Å². The van der Waals surface area contributed by atoms with Gasteiger partial charge in [0.25, 0.3) is 0 Å². The predicted octanol–water partition coefficient (Wildman–Crippen LogP) is 2.52. The molecule has 17 heavy (non-hydrogen) atoms. The average molecular weight is 243 g/mol. The first kappa shape index (κ1) is 14.1. The van der Waals surface area contributed by atoms with Crippen molar-refractivity contribution in [2.75, 3.05) is 19.8 Å². The molecule has 0 aromatic heterocycles. The Balaban J connectivity index is 2.70. The van der Waals surface area contributed by atoms with Crippen LogP contribution in [0, 0.1) is 11.6 Å². The fourth-order valence-corrected chi connectivity index (χ4v) is 1.71. The first-order valence-electron chi connectivity index (χ1n) is 5.93. The van der Waals surface area contributed by atoms with E-state index in [2.05, 4.69) is 5.32 Å². The molecule has 0 fully saturated rings. The minimum absolute atomic E-state index is 0.0636. The van der Waals surface area contributed by atoms with Crippen LogP contribution in [-0.4, -0.2) is 25.8 Å². The molecule has 1 N–H and O–H groups in total. The lowest BCUT2D eigenvalue weighted by Crippen LogP contribution is -2.35. The molecule has 1 aromatic rings. The quantitative estimate of drug-likeness (QED) is 0.794. The van der Waals surface area contributed by atoms with E-state index in [1.54, 1.807) is 0 Å². The third-order valence-corrected chi connectivity index (χ3v) is 2.53. The second-order valence-electron chi connectivity index (χ2n) is 3.82. The van der Waals surface area contributed by atoms with E-state index in [-0.39, 0.29) is 11.6 Å². The van der Waals surface area contributed by atoms with Crippen LogP contribution in [0.3, 0.4) is 0 Å². The Labute approximate surface area is 101 Å². The Hall–Kier alpha value is -1.00. The van der Waals surface area contributed by atoms with Crippen LogP contribution >= 0.6 is 0 Å². The van der Waals surface area contributed by atoms with Crippen molar-refractivity contribution in [1.82, 2.24) is 5.32 Å². The van der Waals surface area contributed by atoms with Gasteiger partial charge in [0.05, 0.1) is 6.61 Å². The molecule has 1 rings (SSSR count). The molecule has 0 spiro atoms. The highest BCUT2D eigenvalue weighted by molar-refractivity contribution is 5.20. The summed E-state index contributed by atoms with van der Waals surface area (Å²) in [5, 5.41) is 3.16. The van der Waals surface area contributed by atoms with Gasteiger partial charge >= 0.3 is 0 Å². The van der Waals surface area contributed by atoms with Gasteiger partial charge < -0.3 is 10.1 Å². The SMILES string of the molecule is CCNC(COCC)Cc1c(F)cccc1F. The van der Waals surface area contributed by atoms with Gasteiger partial charge in [-0.1, -0.05) is 13.0 Å². The summed E-state index contributed by atoms with van der Waals surface area (Å²) in [6.07, 6.45) is 0.298. The van der Waals surface area contributed by atoms with Crippen LogP contribution in [0.5, 0.6) is 0 Å². The maximum atomic E-state index is 13.5. The molecule has 0 saturated carbocycles. The highest BCUT2D eigenvalue weighted by Gasteiger charge is 2.15. The Morgan fingerprint density at radius 2 is 1.88 bits per heavy atom. The van der Waals surface area contributed by atoms with Gasteiger partial charge in [0.15, 0.2) is 0 Å². The predicted molar refractivity (Wildman–Crippen MR) is 64.0 cm³/mol. The number of likely N-dealkylation sites (N-methyl/N-ethyl adjacent to an activating group) is 1. The van der Waals surface area contributed by atoms with Crippen LogP contribution in [-0.2, 0) is 11.2 Å². The zero-order chi connectivity index (χ0) is 12.7. The second-order valence-corrected chi connectivity index (χ2v) is 3.82. The summed E-state index contributed by atoms with van der Waals surface area (Å²) in [6.45, 7) is 5.65. The zero-order valence-corrected chi connectivity index (χ0v) is 10.3. The van der Waals surface area contributed by atoms with Crippen LogP contribution in [0.15, 0.2) is 18.2 Å². The van der Waals surface area contributed by atoms with Crippen molar-refractivity contribution in [3.05, 3.63) is 35.4 Å². The van der Waals surface area contributed by atoms with E-state index in [1.807, 2.05) is 13.8 Å². The summed E-state index contributed by atoms with van der Waals surface area (Å²) in [7, 11) is 0. The number of rotatable bonds is 7. The third kappa shape index (κ3) is 4.40. The molecule has 0 amide bonds. The second kappa shape index (κ2) is 7.35. The number of ether oxygens (including phenoxy) is 1. The lowest BCUT2D eigenvalue weighted by atomic mass is 10.1. The Bertz CT molecular complexity index is 324. The average Bonchev–Trinajstić information content (AvgIpc) is 2.31. The van der Waals surface area contributed by atoms with Crippen molar-refractivity contribution >= 4 is 0 Å². The van der Waals surface area contributed by atoms with Gasteiger partial charge in [0, 0.05) is 18.2 Å². The summed E-state index contributed by atoms with van der Waals surface area (Å²) >= 11 is 0. The normalized spacial score (nSPS) is 12.7. The van der Waals surface area contributed by atoms with Crippen LogP contribution in [0.2, 0.25) is 0 Å². The van der Waals surface area contributed by atoms with Gasteiger partial charge in [-0.3, -0.25) is 0 Å². The van der Waals surface area contributed by atoms with Crippen molar-refractivity contribution in [2.24, 2.45) is 0 Å². The van der Waals surface area contributed by atoms with E-state index in [9.17, 15) is 8.78 Å². The van der Waals surface area contributed by atoms with Crippen LogP contribution < -0.4 is 5.32 Å². The largest absolute Gasteiger partial charge is 0.380 e. The monoisotopic (exact) mass is 243 g/mol. The Kier molecular flexibility index (Phi) is 6.08. The van der Waals surface area contributed by atoms with Crippen LogP contribution in [0.1, 0.15) is 19.4 Å². The number of halogens is 2. The van der Waals surface area contributed by atoms with Gasteiger partial charge in [-0.25, -0.2) is 8.78 Å². The smallest absolute Gasteiger partial charge is 0.129 e. The third-order valence-electron chi connectivity index (χ3n) is 2.53. The fourth-order valence-electron chi connectivity index (χ4n) is 1.71. The number of hydrogen-bond donors (Lipinski definition) is 1. The topological polar surface area (TPSA) is 21.3 Å². The highest BCUT2D eigenvalue weighted by atomic mass is 19.1. The van der Waals surface area contributed by atoms with Gasteiger partial charge in [-0.2, -0.15) is 0 Å². The number of benzene rings is 1. The maximum Gasteiger partial charge on any atom is 0.129 e. The molecule has 0 aliphatic carbocycles. The molecule has 0 aliphatic rings. The van der Waals surface area contributed by atoms with E-state index in [0.717, 1.165) is 6.54 Å². The van der Waals surface area contributed by atoms with Gasteiger partial charge in [0.1, 0.15) is 11.6 Å². The summed E-state index contributed by atoms with van der Waals surface area (Å²) in [4.78, 5) is 0. The molecular weight excluding hydrogens is 224 g/mol. The van der Waals surface area contributed by atoms with Crippen molar-refractivity contribution in [1.29, 1.82) is 0 Å². The Morgan fingerprint density at radius 1 is 1.24 bits per heavy atom. The lowest BCUT2D eigenvalue weighted by Gasteiger charge is -2.18. The van der Waals surface area contributed by atoms with E-state index >= 15 is 0 Å². The summed E-state index contributed by atoms with van der Waals surface area (Å²) in [5.74, 6) is -0.992. The first-order chi connectivity index (χ1) is 8.19. The molecule has 0 aliphatic heterocycles. The molecule has 1 unspecified atom stereocenters. The molecule has 4 heteroatoms. The van der Waals surface area contributed by atoms with Crippen molar-refractivity contribution in [3.8, 4) is 0 Å². The molecule has 0 heterocycles. The molecule has 1 aromatic carbocycles. The fraction of sp³-hybridized carbons (Fsp3) is 0.538. The van der Waals surface area contributed by atoms with E-state index < -0.39 is 11.6 Å². The van der Waals surface area contributed by atoms with Gasteiger partial charge in [0.2, 0.25) is 0 Å². The van der Waals surface area contributed by atoms with Crippen LogP contribution in [0.4, 0.5) is 8.78 Å². The molecule has 1 atom stereocenters. The minimum atomic E-state index is -0.496. The van der Waals surface area contributed by atoms with Crippen molar-refractivity contribution in [3.63, 3.8) is 0 Å². The first-order valence-corrected chi connectivity index (χ1v) is 5.93. The minimum Gasteiger partial charge on any atom is -0.380 e. The van der Waals surface area contributed by atoms with Gasteiger partial charge in [-0.15, -0.1) is 0 Å². The number of hydrogen-bond acceptors (Lipinski definition) is 2. The standard InChI is InChI=1S/C13H19F2NO/c1-3-16-10(9-17-4-2)8-11-12(14)6-5-7-13(11)15/h5-7,10,16H,3-4,8-9H2,1-2H3. The van der Waals surface area contributed by atoms with E-state index in [1.165, 1.54) is 18.2 Å². The van der Waals surface area contributed by atoms with Gasteiger partial charge in [-0.05, 0) is 32.0 Å². The molecule has 0 bridgehead atoms. The summed E-state index contributed by atoms with van der Waals surface area (Å²) in [6, 6.07) is 3.87. The molecule has 0 saturated heterocycles. The maximum absolute atomic E-state index is 13.5. The van der Waals surface area contributed by atoms with E-state index in [4.69, 9.17) is 4.74 Å². The molecule has 2 nitrogen and oxygen atoms in total. The summed E-state index contributed by atoms with van der Waals surface area (Å²) < 4.78 is 32.2. The molecule has 0 radical (unpaired) electrons.